The van der Waals surface area contributed by atoms with Gasteiger partial charge in [0.2, 0.25) is 11.8 Å². The van der Waals surface area contributed by atoms with Crippen LogP contribution in [0, 0.1) is 6.92 Å². The molecule has 0 spiro atoms. The van der Waals surface area contributed by atoms with Crippen LogP contribution in [-0.2, 0) is 4.74 Å². The summed E-state index contributed by atoms with van der Waals surface area (Å²) in [6.45, 7) is 6.43. The van der Waals surface area contributed by atoms with Crippen molar-refractivity contribution in [2.45, 2.75) is 13.8 Å². The summed E-state index contributed by atoms with van der Waals surface area (Å²) >= 11 is 5.80. The predicted molar refractivity (Wildman–Crippen MR) is 72.7 cm³/mol. The second-order valence-corrected chi connectivity index (χ2v) is 4.13. The topological polar surface area (TPSA) is 47.5 Å². The molecular formula is C12H20ClN3O2. The summed E-state index contributed by atoms with van der Waals surface area (Å²) in [7, 11) is 1.67. The van der Waals surface area contributed by atoms with Crippen LogP contribution >= 0.6 is 11.6 Å². The van der Waals surface area contributed by atoms with Crippen molar-refractivity contribution >= 4 is 17.5 Å². The average Bonchev–Trinajstić information content (AvgIpc) is 2.34. The Hall–Kier alpha value is -1.07. The number of methoxy groups -OCH3 is 1. The highest BCUT2D eigenvalue weighted by Crippen LogP contribution is 2.15. The van der Waals surface area contributed by atoms with E-state index in [-0.39, 0.29) is 0 Å². The summed E-state index contributed by atoms with van der Waals surface area (Å²) in [5, 5.41) is 0. The molecule has 0 fully saturated rings. The van der Waals surface area contributed by atoms with Crippen molar-refractivity contribution in [1.82, 2.24) is 9.97 Å². The molecule has 0 aliphatic rings. The number of hydrogen-bond acceptors (Lipinski definition) is 5. The van der Waals surface area contributed by atoms with E-state index in [0.29, 0.717) is 44.0 Å². The lowest BCUT2D eigenvalue weighted by Gasteiger charge is -2.21. The molecule has 0 saturated carbocycles. The van der Waals surface area contributed by atoms with Crippen molar-refractivity contribution < 1.29 is 9.47 Å². The number of nitrogens with zero attached hydrogens (tertiary/aromatic N) is 3. The summed E-state index contributed by atoms with van der Waals surface area (Å²) in [6, 6.07) is 1.82. The third-order valence-electron chi connectivity index (χ3n) is 2.31. The van der Waals surface area contributed by atoms with Gasteiger partial charge in [-0.2, -0.15) is 4.98 Å². The molecule has 0 aliphatic heterocycles. The van der Waals surface area contributed by atoms with Crippen LogP contribution in [0.2, 0.25) is 0 Å². The molecule has 1 aromatic rings. The Kier molecular flexibility index (Phi) is 6.75. The molecule has 0 saturated heterocycles. The highest BCUT2D eigenvalue weighted by molar-refractivity contribution is 6.18. The van der Waals surface area contributed by atoms with Crippen LogP contribution in [0.1, 0.15) is 12.6 Å². The zero-order chi connectivity index (χ0) is 13.4. The summed E-state index contributed by atoms with van der Waals surface area (Å²) in [4.78, 5) is 10.8. The fourth-order valence-electron chi connectivity index (χ4n) is 1.50. The summed E-state index contributed by atoms with van der Waals surface area (Å²) < 4.78 is 10.5. The maximum atomic E-state index is 5.80. The van der Waals surface area contributed by atoms with E-state index >= 15 is 0 Å². The van der Waals surface area contributed by atoms with Gasteiger partial charge in [-0.15, -0.1) is 11.6 Å². The molecule has 0 radical (unpaired) electrons. The van der Waals surface area contributed by atoms with E-state index < -0.39 is 0 Å². The summed E-state index contributed by atoms with van der Waals surface area (Å²) in [6.07, 6.45) is 0. The second kappa shape index (κ2) is 8.11. The summed E-state index contributed by atoms with van der Waals surface area (Å²) in [5.41, 5.74) is 0.875. The van der Waals surface area contributed by atoms with Gasteiger partial charge in [0.25, 0.3) is 0 Å². The molecule has 102 valence electrons. The minimum Gasteiger partial charge on any atom is -0.478 e. The lowest BCUT2D eigenvalue weighted by Crippen LogP contribution is -2.31. The molecule has 6 heteroatoms. The first-order valence-corrected chi connectivity index (χ1v) is 6.53. The van der Waals surface area contributed by atoms with Crippen molar-refractivity contribution in [3.8, 4) is 5.88 Å². The first-order chi connectivity index (χ1) is 8.71. The van der Waals surface area contributed by atoms with Crippen LogP contribution in [0.3, 0.4) is 0 Å². The fourth-order valence-corrected chi connectivity index (χ4v) is 1.71. The fraction of sp³-hybridized carbons (Fsp3) is 0.667. The molecular weight excluding hydrogens is 254 g/mol. The number of anilines is 1. The van der Waals surface area contributed by atoms with E-state index in [9.17, 15) is 0 Å². The average molecular weight is 274 g/mol. The molecule has 5 nitrogen and oxygen atoms in total. The maximum absolute atomic E-state index is 5.80. The van der Waals surface area contributed by atoms with Gasteiger partial charge >= 0.3 is 0 Å². The Bertz CT molecular complexity index is 363. The lowest BCUT2D eigenvalue weighted by atomic mass is 10.4. The van der Waals surface area contributed by atoms with E-state index in [2.05, 4.69) is 9.97 Å². The van der Waals surface area contributed by atoms with Crippen molar-refractivity contribution in [2.24, 2.45) is 0 Å². The van der Waals surface area contributed by atoms with Gasteiger partial charge in [0.15, 0.2) is 0 Å². The van der Waals surface area contributed by atoms with Crippen molar-refractivity contribution in [3.05, 3.63) is 11.8 Å². The van der Waals surface area contributed by atoms with Gasteiger partial charge in [-0.25, -0.2) is 4.98 Å². The van der Waals surface area contributed by atoms with Crippen molar-refractivity contribution in [3.63, 3.8) is 0 Å². The third kappa shape index (κ3) is 4.66. The van der Waals surface area contributed by atoms with Crippen molar-refractivity contribution in [1.29, 1.82) is 0 Å². The molecule has 0 atom stereocenters. The van der Waals surface area contributed by atoms with E-state index in [1.165, 1.54) is 0 Å². The van der Waals surface area contributed by atoms with Crippen LogP contribution in [0.15, 0.2) is 6.07 Å². The van der Waals surface area contributed by atoms with Gasteiger partial charge < -0.3 is 14.4 Å². The number of rotatable bonds is 8. The maximum Gasteiger partial charge on any atom is 0.228 e. The minimum absolute atomic E-state index is 0.519. The molecule has 1 heterocycles. The number of aromatic nitrogens is 2. The highest BCUT2D eigenvalue weighted by Gasteiger charge is 2.11. The van der Waals surface area contributed by atoms with Gasteiger partial charge in [-0.05, 0) is 13.8 Å². The normalized spacial score (nSPS) is 10.4. The Morgan fingerprint density at radius 1 is 1.33 bits per heavy atom. The first-order valence-electron chi connectivity index (χ1n) is 5.99. The monoisotopic (exact) mass is 273 g/mol. The van der Waals surface area contributed by atoms with Crippen LogP contribution in [-0.4, -0.2) is 49.3 Å². The van der Waals surface area contributed by atoms with Crippen LogP contribution in [0.5, 0.6) is 5.88 Å². The third-order valence-corrected chi connectivity index (χ3v) is 2.48. The Balaban J connectivity index is 2.87. The number of aryl methyl sites for hydroxylation is 1. The molecule has 0 bridgehead atoms. The van der Waals surface area contributed by atoms with Gasteiger partial charge in [-0.3, -0.25) is 0 Å². The van der Waals surface area contributed by atoms with Gasteiger partial charge in [-0.1, -0.05) is 0 Å². The van der Waals surface area contributed by atoms with E-state index in [0.717, 1.165) is 5.69 Å². The first kappa shape index (κ1) is 15.0. The van der Waals surface area contributed by atoms with Crippen LogP contribution < -0.4 is 9.64 Å². The largest absolute Gasteiger partial charge is 0.478 e. The lowest BCUT2D eigenvalue weighted by molar-refractivity contribution is 0.205. The minimum atomic E-state index is 0.519. The molecule has 0 amide bonds. The Morgan fingerprint density at radius 2 is 2.11 bits per heavy atom. The molecule has 0 N–H and O–H groups in total. The zero-order valence-electron chi connectivity index (χ0n) is 11.1. The number of halogens is 1. The number of ether oxygens (including phenoxy) is 2. The molecule has 1 aromatic heterocycles. The number of alkyl halides is 1. The predicted octanol–water partition coefficient (Wildman–Crippen LogP) is 1.88. The van der Waals surface area contributed by atoms with Gasteiger partial charge in [0.1, 0.15) is 0 Å². The van der Waals surface area contributed by atoms with E-state index in [4.69, 9.17) is 21.1 Å². The van der Waals surface area contributed by atoms with E-state index in [1.54, 1.807) is 7.11 Å². The SMILES string of the molecule is CCOc1cc(C)nc(N(CCCl)CCOC)n1. The number of hydrogen-bond donors (Lipinski definition) is 0. The molecule has 0 aliphatic carbocycles. The van der Waals surface area contributed by atoms with Crippen LogP contribution in [0.25, 0.3) is 0 Å². The van der Waals surface area contributed by atoms with E-state index in [1.807, 2.05) is 24.8 Å². The standard InChI is InChI=1S/C12H20ClN3O2/c1-4-18-11-9-10(2)14-12(15-11)16(6-5-13)7-8-17-3/h9H,4-8H2,1-3H3. The summed E-state index contributed by atoms with van der Waals surface area (Å²) in [5.74, 6) is 1.75. The zero-order valence-corrected chi connectivity index (χ0v) is 11.9. The van der Waals surface area contributed by atoms with Gasteiger partial charge in [0, 0.05) is 37.8 Å². The molecule has 0 aromatic carbocycles. The van der Waals surface area contributed by atoms with Crippen molar-refractivity contribution in [2.75, 3.05) is 44.2 Å². The Morgan fingerprint density at radius 3 is 2.72 bits per heavy atom. The second-order valence-electron chi connectivity index (χ2n) is 3.75. The Labute approximate surface area is 113 Å². The smallest absolute Gasteiger partial charge is 0.228 e. The molecule has 18 heavy (non-hydrogen) atoms. The quantitative estimate of drug-likeness (QED) is 0.677. The highest BCUT2D eigenvalue weighted by atomic mass is 35.5. The van der Waals surface area contributed by atoms with Crippen LogP contribution in [0.4, 0.5) is 5.95 Å². The van der Waals surface area contributed by atoms with Gasteiger partial charge in [0.05, 0.1) is 13.2 Å². The molecule has 0 unspecified atom stereocenters. The molecule has 1 rings (SSSR count).